The standard InChI is InChI=1S/C41H51ClIN3S/c1-4-18-47-45-26(3)27-10-12-29(13-11-27)46-23-34-32-21-40(32,24-46)14-15-41(34)22-33(41)39(44)37-30(28-8-9-28)19-25(2)20-31(37)38-35(42)6-5-7-36(38)43-16-17-43/h7,10-13,20,26,28,32-34,44-45H,2,4-6,8-9,14-19,21-24H2,1,3H3/t26-,32?,33+,34?,40?,41?/m1/s1. The van der Waals surface area contributed by atoms with Gasteiger partial charge in [0.1, 0.15) is 0 Å². The summed E-state index contributed by atoms with van der Waals surface area (Å²) in [7, 11) is 0. The molecule has 4 unspecified atom stereocenters. The zero-order chi connectivity index (χ0) is 32.1. The molecule has 6 heteroatoms. The fourth-order valence-corrected chi connectivity index (χ4v) is 16.4. The van der Waals surface area contributed by atoms with Gasteiger partial charge in [0.25, 0.3) is 0 Å². The number of hydrogen-bond donors (Lipinski definition) is 2. The van der Waals surface area contributed by atoms with E-state index in [4.69, 9.17) is 11.6 Å². The molecule has 2 heterocycles. The van der Waals surface area contributed by atoms with Crippen molar-refractivity contribution in [2.24, 2.45) is 34.5 Å². The Balaban J connectivity index is 0.987. The van der Waals surface area contributed by atoms with Gasteiger partial charge in [0.05, 0.1) is 0 Å². The average Bonchev–Trinajstić information content (AvgIpc) is 3.90. The van der Waals surface area contributed by atoms with E-state index in [2.05, 4.69) is 66.5 Å². The fourth-order valence-electron chi connectivity index (χ4n) is 10.2. The van der Waals surface area contributed by atoms with Crippen LogP contribution in [0.1, 0.15) is 89.7 Å². The Morgan fingerprint density at radius 2 is 1.98 bits per heavy atom. The average molecular weight is 780 g/mol. The first kappa shape index (κ1) is 31.7. The van der Waals surface area contributed by atoms with Crippen LogP contribution in [0.25, 0.3) is 0 Å². The van der Waals surface area contributed by atoms with Gasteiger partial charge in [-0.1, -0.05) is 31.0 Å². The molecule has 6 aliphatic carbocycles. The predicted molar refractivity (Wildman–Crippen MR) is 210 cm³/mol. The van der Waals surface area contributed by atoms with E-state index in [1.807, 2.05) is 11.9 Å². The summed E-state index contributed by atoms with van der Waals surface area (Å²) in [4.78, 5) is 2.75. The molecule has 0 radical (unpaired) electrons. The van der Waals surface area contributed by atoms with Crippen molar-refractivity contribution in [3.05, 3.63) is 85.0 Å². The summed E-state index contributed by atoms with van der Waals surface area (Å²) in [6, 6.07) is 9.85. The van der Waals surface area contributed by atoms with Crippen LogP contribution in [0, 0.1) is 39.9 Å². The molecule has 4 saturated carbocycles. The molecular weight excluding hydrogens is 729 g/mol. The maximum atomic E-state index is 10.1. The van der Waals surface area contributed by atoms with E-state index in [0.29, 0.717) is 34.6 Å². The Labute approximate surface area is 299 Å². The van der Waals surface area contributed by atoms with Gasteiger partial charge in [0, 0.05) is 11.8 Å². The monoisotopic (exact) mass is 779 g/mol. The van der Waals surface area contributed by atoms with Crippen molar-refractivity contribution < 1.29 is 0 Å². The summed E-state index contributed by atoms with van der Waals surface area (Å²) in [5.74, 6) is 3.78. The van der Waals surface area contributed by atoms with Crippen LogP contribution in [0.5, 0.6) is 0 Å². The molecular formula is C41H51ClIN3S. The van der Waals surface area contributed by atoms with Crippen molar-refractivity contribution in [3.8, 4) is 0 Å². The van der Waals surface area contributed by atoms with E-state index in [9.17, 15) is 5.41 Å². The van der Waals surface area contributed by atoms with Gasteiger partial charge in [0.15, 0.2) is 0 Å². The number of rotatable bonds is 11. The molecule has 1 aromatic rings. The van der Waals surface area contributed by atoms with Crippen LogP contribution >= 0.6 is 43.4 Å². The van der Waals surface area contributed by atoms with Gasteiger partial charge in [-0.25, -0.2) is 0 Å². The van der Waals surface area contributed by atoms with Crippen LogP contribution in [0.4, 0.5) is 5.69 Å². The second kappa shape index (κ2) is 11.9. The van der Waals surface area contributed by atoms with Crippen LogP contribution in [-0.2, 0) is 0 Å². The van der Waals surface area contributed by atoms with Gasteiger partial charge < -0.3 is 0 Å². The van der Waals surface area contributed by atoms with E-state index >= 15 is 0 Å². The quantitative estimate of drug-likeness (QED) is 0.0773. The number of nitrogens with zero attached hydrogens (tertiary/aromatic N) is 1. The van der Waals surface area contributed by atoms with Crippen LogP contribution in [0.2, 0.25) is 0 Å². The molecule has 1 aromatic carbocycles. The number of nitrogens with one attached hydrogen (secondary N) is 2. The van der Waals surface area contributed by atoms with Gasteiger partial charge in [-0.3, -0.25) is 4.72 Å². The Morgan fingerprint density at radius 3 is 2.72 bits per heavy atom. The first-order valence-corrected chi connectivity index (χ1v) is 24.0. The number of allylic oxidation sites excluding steroid dienone is 9. The molecule has 6 atom stereocenters. The first-order chi connectivity index (χ1) is 22.8. The third-order valence-corrected chi connectivity index (χ3v) is 19.4. The summed E-state index contributed by atoms with van der Waals surface area (Å²) in [6.45, 7) is 11.4. The number of hydrogen-bond acceptors (Lipinski definition) is 4. The molecule has 2 N–H and O–H groups in total. The minimum absolute atomic E-state index is 0.312. The number of anilines is 1. The predicted octanol–water partition coefficient (Wildman–Crippen LogP) is 10.9. The number of halogens is 2. The fraction of sp³-hybridized carbons (Fsp3) is 0.585. The number of fused-ring (bicyclic) bond motifs is 1. The second-order valence-corrected chi connectivity index (χ2v) is 23.4. The van der Waals surface area contributed by atoms with Crippen LogP contribution in [0.3, 0.4) is 0 Å². The van der Waals surface area contributed by atoms with Crippen molar-refractivity contribution in [2.45, 2.75) is 84.1 Å². The van der Waals surface area contributed by atoms with Gasteiger partial charge in [-0.05, 0) is 18.9 Å². The molecule has 8 aliphatic rings. The third-order valence-electron chi connectivity index (χ3n) is 13.1. The van der Waals surface area contributed by atoms with Crippen molar-refractivity contribution in [3.63, 3.8) is 0 Å². The Bertz CT molecular complexity index is 1650. The van der Waals surface area contributed by atoms with Crippen LogP contribution < -0.4 is 9.62 Å². The van der Waals surface area contributed by atoms with E-state index in [0.717, 1.165) is 41.7 Å². The molecule has 0 aromatic heterocycles. The Morgan fingerprint density at radius 1 is 1.17 bits per heavy atom. The van der Waals surface area contributed by atoms with Crippen molar-refractivity contribution in [2.75, 3.05) is 32.6 Å². The van der Waals surface area contributed by atoms with Crippen molar-refractivity contribution >= 4 is 54.8 Å². The second-order valence-electron chi connectivity index (χ2n) is 16.1. The molecule has 47 heavy (non-hydrogen) atoms. The summed E-state index contributed by atoms with van der Waals surface area (Å²) < 4.78 is 8.13. The summed E-state index contributed by atoms with van der Waals surface area (Å²) in [6.07, 6.45) is 17.0. The molecule has 9 rings (SSSR count). The minimum atomic E-state index is -1.04. The van der Waals surface area contributed by atoms with Crippen LogP contribution in [-0.4, -0.2) is 33.4 Å². The van der Waals surface area contributed by atoms with Gasteiger partial charge in [-0.15, -0.1) is 0 Å². The number of benzene rings is 1. The number of piperidine rings is 1. The van der Waals surface area contributed by atoms with Gasteiger partial charge in [-0.2, -0.15) is 0 Å². The normalized spacial score (nSPS) is 35.5. The summed E-state index contributed by atoms with van der Waals surface area (Å²) in [5.41, 5.74) is 11.4. The molecule has 2 bridgehead atoms. The molecule has 3 nitrogen and oxygen atoms in total. The molecule has 6 fully saturated rings. The zero-order valence-corrected chi connectivity index (χ0v) is 32.0. The van der Waals surface area contributed by atoms with E-state index in [1.54, 1.807) is 9.15 Å². The van der Waals surface area contributed by atoms with E-state index in [1.165, 1.54) is 100 Å². The first-order valence-electron chi connectivity index (χ1n) is 18.5. The molecule has 250 valence electrons. The molecule has 2 saturated heterocycles. The summed E-state index contributed by atoms with van der Waals surface area (Å²) >= 11 is 8.00. The van der Waals surface area contributed by atoms with Crippen LogP contribution in [0.15, 0.2) is 79.5 Å². The van der Waals surface area contributed by atoms with Gasteiger partial charge >= 0.3 is 235 Å². The summed E-state index contributed by atoms with van der Waals surface area (Å²) in [5, 5.41) is 11.2. The topological polar surface area (TPSA) is 39.1 Å². The Kier molecular flexibility index (Phi) is 8.03. The zero-order valence-electron chi connectivity index (χ0n) is 28.3. The number of alkyl halides is 2. The van der Waals surface area contributed by atoms with Crippen molar-refractivity contribution in [1.29, 1.82) is 5.41 Å². The third kappa shape index (κ3) is 5.51. The maximum absolute atomic E-state index is 10.1. The Hall–Kier alpha value is -1.28. The molecule has 0 amide bonds. The molecule has 1 spiro atoms. The van der Waals surface area contributed by atoms with Gasteiger partial charge in [0.2, 0.25) is 0 Å². The SMILES string of the molecule is C=C1C=C(C2=C(Cl)CCC=C2I2CC2)C(C(=N)[C@@H]2CC23CCC24CC2C3CN(c2ccc([C@@H](C)NSCCC)cc2)C4)=C(C2CC2)C1. The van der Waals surface area contributed by atoms with Crippen molar-refractivity contribution in [1.82, 2.24) is 4.72 Å². The van der Waals surface area contributed by atoms with E-state index in [-0.39, 0.29) is 0 Å². The molecule has 2 aliphatic heterocycles. The van der Waals surface area contributed by atoms with E-state index < -0.39 is 19.8 Å².